The van der Waals surface area contributed by atoms with Crippen LogP contribution in [0.2, 0.25) is 0 Å². The maximum Gasteiger partial charge on any atom is 0.148 e. The van der Waals surface area contributed by atoms with Gasteiger partial charge in [-0.2, -0.15) is 5.26 Å². The SMILES string of the molecule is CCCCCc1cc(F)c(C#Cc2cccc3c(F)c(C#N)ccc23)c(F)c1. The van der Waals surface area contributed by atoms with Gasteiger partial charge in [-0.3, -0.25) is 0 Å². The molecule has 0 aliphatic heterocycles. The molecule has 0 unspecified atom stereocenters. The lowest BCUT2D eigenvalue weighted by Crippen LogP contribution is -1.95. The van der Waals surface area contributed by atoms with Crippen molar-refractivity contribution in [1.82, 2.24) is 0 Å². The zero-order valence-electron chi connectivity index (χ0n) is 15.5. The second kappa shape index (κ2) is 8.63. The minimum Gasteiger partial charge on any atom is -0.206 e. The Hall–Kier alpha value is -3.24. The molecular formula is C24H18F3N. The van der Waals surface area contributed by atoms with Gasteiger partial charge >= 0.3 is 0 Å². The van der Waals surface area contributed by atoms with Crippen molar-refractivity contribution in [3.8, 4) is 17.9 Å². The van der Waals surface area contributed by atoms with Crippen molar-refractivity contribution in [1.29, 1.82) is 5.26 Å². The third kappa shape index (κ3) is 4.02. The number of hydrogen-bond acceptors (Lipinski definition) is 1. The second-order valence-corrected chi connectivity index (χ2v) is 6.58. The highest BCUT2D eigenvalue weighted by atomic mass is 19.1. The molecule has 0 saturated heterocycles. The lowest BCUT2D eigenvalue weighted by Gasteiger charge is -2.05. The number of rotatable bonds is 4. The van der Waals surface area contributed by atoms with E-state index in [1.807, 2.05) is 0 Å². The molecule has 0 N–H and O–H groups in total. The topological polar surface area (TPSA) is 23.8 Å². The van der Waals surface area contributed by atoms with Gasteiger partial charge in [0.05, 0.1) is 11.1 Å². The van der Waals surface area contributed by atoms with Crippen molar-refractivity contribution in [2.45, 2.75) is 32.6 Å². The van der Waals surface area contributed by atoms with Gasteiger partial charge in [0.25, 0.3) is 0 Å². The summed E-state index contributed by atoms with van der Waals surface area (Å²) in [6.45, 7) is 2.07. The van der Waals surface area contributed by atoms with Gasteiger partial charge in [-0.15, -0.1) is 0 Å². The molecule has 1 nitrogen and oxygen atoms in total. The van der Waals surface area contributed by atoms with Gasteiger partial charge in [0, 0.05) is 16.3 Å². The molecule has 0 aromatic heterocycles. The molecule has 0 fully saturated rings. The van der Waals surface area contributed by atoms with Crippen LogP contribution >= 0.6 is 0 Å². The minimum absolute atomic E-state index is 0.0617. The Morgan fingerprint density at radius 2 is 1.61 bits per heavy atom. The van der Waals surface area contributed by atoms with Crippen molar-refractivity contribution < 1.29 is 13.2 Å². The molecule has 140 valence electrons. The third-order valence-electron chi connectivity index (χ3n) is 4.61. The predicted octanol–water partition coefficient (Wildman–Crippen LogP) is 6.26. The highest BCUT2D eigenvalue weighted by Crippen LogP contribution is 2.24. The van der Waals surface area contributed by atoms with E-state index in [-0.39, 0.29) is 16.5 Å². The standard InChI is InChI=1S/C24H18F3N/c1-2-3-4-6-16-13-22(25)21(23(26)14-16)12-9-17-7-5-8-20-19(17)11-10-18(15-28)24(20)27/h5,7-8,10-11,13-14H,2-4,6H2,1H3. The Bertz CT molecular complexity index is 1110. The number of benzene rings is 3. The summed E-state index contributed by atoms with van der Waals surface area (Å²) < 4.78 is 43.0. The zero-order valence-corrected chi connectivity index (χ0v) is 15.5. The Balaban J connectivity index is 1.98. The molecule has 0 atom stereocenters. The van der Waals surface area contributed by atoms with Crippen molar-refractivity contribution in [2.75, 3.05) is 0 Å². The van der Waals surface area contributed by atoms with Crippen molar-refractivity contribution in [3.05, 3.63) is 82.2 Å². The van der Waals surface area contributed by atoms with Crippen LogP contribution in [-0.4, -0.2) is 0 Å². The van der Waals surface area contributed by atoms with Crippen LogP contribution in [-0.2, 0) is 6.42 Å². The highest BCUT2D eigenvalue weighted by molar-refractivity contribution is 5.90. The number of unbranched alkanes of at least 4 members (excludes halogenated alkanes) is 2. The molecule has 0 saturated carbocycles. The molecule has 0 heterocycles. The third-order valence-corrected chi connectivity index (χ3v) is 4.61. The molecule has 3 rings (SSSR count). The largest absolute Gasteiger partial charge is 0.206 e. The normalized spacial score (nSPS) is 10.4. The van der Waals surface area contributed by atoms with Crippen molar-refractivity contribution in [2.24, 2.45) is 0 Å². The molecule has 0 amide bonds. The van der Waals surface area contributed by atoms with E-state index in [1.165, 1.54) is 18.2 Å². The first-order valence-electron chi connectivity index (χ1n) is 9.16. The van der Waals surface area contributed by atoms with E-state index in [1.54, 1.807) is 30.3 Å². The van der Waals surface area contributed by atoms with Gasteiger partial charge in [-0.25, -0.2) is 13.2 Å². The quantitative estimate of drug-likeness (QED) is 0.389. The summed E-state index contributed by atoms with van der Waals surface area (Å²) in [5.74, 6) is 3.27. The van der Waals surface area contributed by atoms with Gasteiger partial charge in [0.2, 0.25) is 0 Å². The van der Waals surface area contributed by atoms with E-state index in [4.69, 9.17) is 5.26 Å². The zero-order chi connectivity index (χ0) is 20.1. The van der Waals surface area contributed by atoms with Crippen LogP contribution in [0.15, 0.2) is 42.5 Å². The summed E-state index contributed by atoms with van der Waals surface area (Å²) in [6, 6.07) is 12.2. The van der Waals surface area contributed by atoms with Gasteiger partial charge in [0.1, 0.15) is 23.5 Å². The van der Waals surface area contributed by atoms with Crippen LogP contribution < -0.4 is 0 Å². The predicted molar refractivity (Wildman–Crippen MR) is 104 cm³/mol. The monoisotopic (exact) mass is 377 g/mol. The fourth-order valence-electron chi connectivity index (χ4n) is 3.11. The Labute approximate surface area is 162 Å². The summed E-state index contributed by atoms with van der Waals surface area (Å²) in [7, 11) is 0. The highest BCUT2D eigenvalue weighted by Gasteiger charge is 2.11. The van der Waals surface area contributed by atoms with E-state index in [2.05, 4.69) is 18.8 Å². The summed E-state index contributed by atoms with van der Waals surface area (Å²) >= 11 is 0. The van der Waals surface area contributed by atoms with Crippen molar-refractivity contribution in [3.63, 3.8) is 0 Å². The van der Waals surface area contributed by atoms with Crippen molar-refractivity contribution >= 4 is 10.8 Å². The molecule has 4 heteroatoms. The number of fused-ring (bicyclic) bond motifs is 1. The van der Waals surface area contributed by atoms with Gasteiger partial charge in [0.15, 0.2) is 0 Å². The molecule has 0 bridgehead atoms. The second-order valence-electron chi connectivity index (χ2n) is 6.58. The first-order chi connectivity index (χ1) is 13.5. The summed E-state index contributed by atoms with van der Waals surface area (Å²) in [6.07, 6.45) is 3.55. The maximum absolute atomic E-state index is 14.4. The number of aryl methyl sites for hydroxylation is 1. The van der Waals surface area contributed by atoms with E-state index < -0.39 is 17.5 Å². The number of halogens is 3. The minimum atomic E-state index is -0.697. The lowest BCUT2D eigenvalue weighted by atomic mass is 10.0. The van der Waals surface area contributed by atoms with E-state index >= 15 is 0 Å². The number of hydrogen-bond donors (Lipinski definition) is 0. The van der Waals surface area contributed by atoms with Crippen LogP contribution in [0, 0.1) is 40.6 Å². The van der Waals surface area contributed by atoms with Crippen LogP contribution in [0.3, 0.4) is 0 Å². The van der Waals surface area contributed by atoms with E-state index in [0.717, 1.165) is 19.3 Å². The first-order valence-corrected chi connectivity index (χ1v) is 9.16. The molecule has 0 radical (unpaired) electrons. The van der Waals surface area contributed by atoms with Crippen LogP contribution in [0.1, 0.15) is 48.4 Å². The molecule has 0 aliphatic rings. The maximum atomic E-state index is 14.4. The van der Waals surface area contributed by atoms with Gasteiger partial charge in [-0.1, -0.05) is 49.8 Å². The van der Waals surface area contributed by atoms with Crippen LogP contribution in [0.4, 0.5) is 13.2 Å². The van der Waals surface area contributed by atoms with Crippen LogP contribution in [0.5, 0.6) is 0 Å². The Morgan fingerprint density at radius 1 is 0.857 bits per heavy atom. The van der Waals surface area contributed by atoms with E-state index in [0.29, 0.717) is 22.9 Å². The lowest BCUT2D eigenvalue weighted by molar-refractivity contribution is 0.572. The first kappa shape index (κ1) is 19.5. The molecule has 28 heavy (non-hydrogen) atoms. The molecule has 0 spiro atoms. The Morgan fingerprint density at radius 3 is 2.29 bits per heavy atom. The average Bonchev–Trinajstić information content (AvgIpc) is 2.68. The van der Waals surface area contributed by atoms with Crippen LogP contribution in [0.25, 0.3) is 10.8 Å². The smallest absolute Gasteiger partial charge is 0.148 e. The fourth-order valence-corrected chi connectivity index (χ4v) is 3.11. The average molecular weight is 377 g/mol. The summed E-state index contributed by atoms with van der Waals surface area (Å²) in [5.41, 5.74) is 0.690. The Kier molecular flexibility index (Phi) is 6.02. The summed E-state index contributed by atoms with van der Waals surface area (Å²) in [4.78, 5) is 0. The number of nitriles is 1. The fraction of sp³-hybridized carbons (Fsp3) is 0.208. The van der Waals surface area contributed by atoms with Gasteiger partial charge in [-0.05, 0) is 42.7 Å². The molecular weight excluding hydrogens is 359 g/mol. The number of nitrogens with zero attached hydrogens (tertiary/aromatic N) is 1. The van der Waals surface area contributed by atoms with Gasteiger partial charge < -0.3 is 0 Å². The van der Waals surface area contributed by atoms with E-state index in [9.17, 15) is 13.2 Å². The molecule has 3 aromatic rings. The summed E-state index contributed by atoms with van der Waals surface area (Å²) in [5, 5.41) is 9.69. The molecule has 3 aromatic carbocycles. The molecule has 0 aliphatic carbocycles.